The lowest BCUT2D eigenvalue weighted by atomic mass is 10.4. The summed E-state index contributed by atoms with van der Waals surface area (Å²) in [4.78, 5) is 0. The number of hydrogen-bond acceptors (Lipinski definition) is 3. The van der Waals surface area contributed by atoms with Gasteiger partial charge in [-0.25, -0.2) is 0 Å². The monoisotopic (exact) mass is 139 g/mol. The van der Waals surface area contributed by atoms with E-state index in [2.05, 4.69) is 4.37 Å². The molecule has 0 bridgehead atoms. The molecule has 0 unspecified atom stereocenters. The highest BCUT2D eigenvalue weighted by atomic mass is 32.1. The van der Waals surface area contributed by atoms with Gasteiger partial charge in [0.1, 0.15) is 0 Å². The second kappa shape index (κ2) is 1.57. The van der Waals surface area contributed by atoms with Gasteiger partial charge in [-0.3, -0.25) is 0 Å². The third-order valence-electron chi connectivity index (χ3n) is 1.24. The fraction of sp³-hybridized carbons (Fsp3) is 0.167. The number of hydrogen-bond donors (Lipinski definition) is 0. The molecule has 0 spiro atoms. The minimum atomic E-state index is 0.931. The molecule has 46 valence electrons. The van der Waals surface area contributed by atoms with Gasteiger partial charge in [0, 0.05) is 0 Å². The van der Waals surface area contributed by atoms with Gasteiger partial charge in [0.25, 0.3) is 0 Å². The van der Waals surface area contributed by atoms with Crippen LogP contribution in [0.3, 0.4) is 0 Å². The molecule has 0 radical (unpaired) electrons. The van der Waals surface area contributed by atoms with Gasteiger partial charge in [-0.15, -0.1) is 0 Å². The third-order valence-corrected chi connectivity index (χ3v) is 2.12. The highest BCUT2D eigenvalue weighted by molar-refractivity contribution is 7.13. The minimum Gasteiger partial charge on any atom is -0.461 e. The highest BCUT2D eigenvalue weighted by Gasteiger charge is 2.02. The van der Waals surface area contributed by atoms with Crippen molar-refractivity contribution < 1.29 is 4.42 Å². The maximum Gasteiger partial charge on any atom is 0.167 e. The van der Waals surface area contributed by atoms with Crippen LogP contribution in [-0.2, 0) is 0 Å². The Balaban J connectivity index is 2.99. The number of aryl methyl sites for hydroxylation is 1. The first-order valence-electron chi connectivity index (χ1n) is 2.67. The molecular formula is C6H5NOS. The summed E-state index contributed by atoms with van der Waals surface area (Å²) in [5, 5.41) is 0. The third kappa shape index (κ3) is 0.580. The van der Waals surface area contributed by atoms with E-state index in [0.29, 0.717) is 0 Å². The van der Waals surface area contributed by atoms with E-state index in [-0.39, 0.29) is 0 Å². The van der Waals surface area contributed by atoms with Gasteiger partial charge in [0.05, 0.1) is 16.7 Å². The lowest BCUT2D eigenvalue weighted by molar-refractivity contribution is 0.612. The lowest BCUT2D eigenvalue weighted by Crippen LogP contribution is -1.62. The Kier molecular flexibility index (Phi) is 0.873. The van der Waals surface area contributed by atoms with Crippen molar-refractivity contribution in [2.45, 2.75) is 6.92 Å². The molecule has 2 nitrogen and oxygen atoms in total. The van der Waals surface area contributed by atoms with Crippen molar-refractivity contribution in [2.75, 3.05) is 0 Å². The van der Waals surface area contributed by atoms with E-state index in [4.69, 9.17) is 4.42 Å². The molecule has 0 aliphatic rings. The van der Waals surface area contributed by atoms with Gasteiger partial charge in [-0.1, -0.05) is 0 Å². The summed E-state index contributed by atoms with van der Waals surface area (Å²) in [5.41, 5.74) is 1.92. The molecular weight excluding hydrogens is 134 g/mol. The zero-order valence-corrected chi connectivity index (χ0v) is 5.73. The van der Waals surface area contributed by atoms with E-state index >= 15 is 0 Å². The van der Waals surface area contributed by atoms with Crippen LogP contribution in [0.5, 0.6) is 0 Å². The van der Waals surface area contributed by atoms with Gasteiger partial charge in [-0.05, 0) is 24.5 Å². The van der Waals surface area contributed by atoms with Crippen LogP contribution in [0.2, 0.25) is 0 Å². The Labute approximate surface area is 56.3 Å². The molecule has 2 heterocycles. The summed E-state index contributed by atoms with van der Waals surface area (Å²) < 4.78 is 10.4. The Hall–Kier alpha value is -0.830. The van der Waals surface area contributed by atoms with Crippen LogP contribution in [-0.4, -0.2) is 4.37 Å². The standard InChI is InChI=1S/C6H5NOS/c1-4-6-5(9-7-4)2-3-8-6/h2-3H,1H3. The molecule has 3 heteroatoms. The van der Waals surface area contributed by atoms with Crippen LogP contribution in [0.1, 0.15) is 5.69 Å². The molecule has 2 rings (SSSR count). The average molecular weight is 139 g/mol. The molecule has 9 heavy (non-hydrogen) atoms. The normalized spacial score (nSPS) is 10.8. The molecule has 2 aromatic rings. The SMILES string of the molecule is Cc1nsc2ccoc12. The molecule has 2 aromatic heterocycles. The molecule has 0 atom stereocenters. The molecule has 0 N–H and O–H groups in total. The van der Waals surface area contributed by atoms with Crippen molar-refractivity contribution in [3.8, 4) is 0 Å². The van der Waals surface area contributed by atoms with E-state index in [1.54, 1.807) is 6.26 Å². The second-order valence-electron chi connectivity index (χ2n) is 1.88. The molecule has 0 aromatic carbocycles. The van der Waals surface area contributed by atoms with Crippen LogP contribution in [0, 0.1) is 6.92 Å². The van der Waals surface area contributed by atoms with E-state index in [1.807, 2.05) is 13.0 Å². The summed E-state index contributed by atoms with van der Waals surface area (Å²) in [5.74, 6) is 0. The van der Waals surface area contributed by atoms with Gasteiger partial charge >= 0.3 is 0 Å². The van der Waals surface area contributed by atoms with Crippen LogP contribution in [0.25, 0.3) is 10.3 Å². The van der Waals surface area contributed by atoms with Crippen LogP contribution in [0.15, 0.2) is 16.7 Å². The number of furan rings is 1. The summed E-state index contributed by atoms with van der Waals surface area (Å²) in [6.45, 7) is 1.95. The second-order valence-corrected chi connectivity index (χ2v) is 2.69. The summed E-state index contributed by atoms with van der Waals surface area (Å²) in [6.07, 6.45) is 1.69. The molecule has 0 aliphatic heterocycles. The highest BCUT2D eigenvalue weighted by Crippen LogP contribution is 2.22. The molecule has 0 saturated carbocycles. The van der Waals surface area contributed by atoms with E-state index in [1.165, 1.54) is 11.5 Å². The first-order valence-corrected chi connectivity index (χ1v) is 3.45. The summed E-state index contributed by atoms with van der Waals surface area (Å²) >= 11 is 1.48. The average Bonchev–Trinajstić information content (AvgIpc) is 2.35. The van der Waals surface area contributed by atoms with Crippen LogP contribution >= 0.6 is 11.5 Å². The fourth-order valence-electron chi connectivity index (χ4n) is 0.792. The summed E-state index contributed by atoms with van der Waals surface area (Å²) in [6, 6.07) is 1.93. The van der Waals surface area contributed by atoms with Crippen molar-refractivity contribution in [2.24, 2.45) is 0 Å². The first-order chi connectivity index (χ1) is 4.38. The van der Waals surface area contributed by atoms with E-state index in [9.17, 15) is 0 Å². The van der Waals surface area contributed by atoms with Crippen molar-refractivity contribution in [1.29, 1.82) is 0 Å². The van der Waals surface area contributed by atoms with Crippen molar-refractivity contribution in [3.05, 3.63) is 18.0 Å². The lowest BCUT2D eigenvalue weighted by Gasteiger charge is -1.74. The zero-order valence-electron chi connectivity index (χ0n) is 4.92. The van der Waals surface area contributed by atoms with Gasteiger partial charge in [0.2, 0.25) is 0 Å². The number of rotatable bonds is 0. The van der Waals surface area contributed by atoms with Crippen molar-refractivity contribution >= 4 is 21.8 Å². The smallest absolute Gasteiger partial charge is 0.167 e. The van der Waals surface area contributed by atoms with Gasteiger partial charge in [0.15, 0.2) is 5.58 Å². The Bertz CT molecular complexity index is 322. The largest absolute Gasteiger partial charge is 0.461 e. The Morgan fingerprint density at radius 2 is 2.56 bits per heavy atom. The maximum atomic E-state index is 5.14. The van der Waals surface area contributed by atoms with Gasteiger partial charge < -0.3 is 4.42 Å². The summed E-state index contributed by atoms with van der Waals surface area (Å²) in [7, 11) is 0. The predicted molar refractivity (Wildman–Crippen MR) is 36.6 cm³/mol. The quantitative estimate of drug-likeness (QED) is 0.559. The van der Waals surface area contributed by atoms with Crippen LogP contribution < -0.4 is 0 Å². The molecule has 0 fully saturated rings. The van der Waals surface area contributed by atoms with Crippen LogP contribution in [0.4, 0.5) is 0 Å². The zero-order chi connectivity index (χ0) is 6.27. The Morgan fingerprint density at radius 3 is 3.33 bits per heavy atom. The molecule has 0 saturated heterocycles. The molecule has 0 amide bonds. The Morgan fingerprint density at radius 1 is 1.67 bits per heavy atom. The number of nitrogens with zero attached hydrogens (tertiary/aromatic N) is 1. The van der Waals surface area contributed by atoms with E-state index < -0.39 is 0 Å². The number of aromatic nitrogens is 1. The first kappa shape index (κ1) is 4.99. The van der Waals surface area contributed by atoms with Crippen molar-refractivity contribution in [1.82, 2.24) is 4.37 Å². The molecule has 0 aliphatic carbocycles. The minimum absolute atomic E-state index is 0.931. The number of fused-ring (bicyclic) bond motifs is 1. The predicted octanol–water partition coefficient (Wildman–Crippen LogP) is 2.20. The fourth-order valence-corrected chi connectivity index (χ4v) is 1.51. The van der Waals surface area contributed by atoms with Gasteiger partial charge in [-0.2, -0.15) is 4.37 Å². The topological polar surface area (TPSA) is 26.0 Å². The van der Waals surface area contributed by atoms with E-state index in [0.717, 1.165) is 16.0 Å². The maximum absolute atomic E-state index is 5.14. The van der Waals surface area contributed by atoms with Crippen molar-refractivity contribution in [3.63, 3.8) is 0 Å².